The van der Waals surface area contributed by atoms with E-state index in [4.69, 9.17) is 0 Å². The van der Waals surface area contributed by atoms with E-state index in [1.807, 2.05) is 0 Å². The highest BCUT2D eigenvalue weighted by Gasteiger charge is 2.49. The van der Waals surface area contributed by atoms with Crippen molar-refractivity contribution in [1.29, 1.82) is 0 Å². The molecule has 1 nitrogen and oxygen atoms in total. The van der Waals surface area contributed by atoms with E-state index >= 15 is 0 Å². The zero-order chi connectivity index (χ0) is 14.4. The first-order valence-electron chi connectivity index (χ1n) is 8.50. The van der Waals surface area contributed by atoms with Crippen LogP contribution < -0.4 is 0 Å². The summed E-state index contributed by atoms with van der Waals surface area (Å²) in [7, 11) is 0. The van der Waals surface area contributed by atoms with Gasteiger partial charge >= 0.3 is 0 Å². The lowest BCUT2D eigenvalue weighted by atomic mass is 9.69. The molecule has 0 aromatic rings. The van der Waals surface area contributed by atoms with Gasteiger partial charge in [0.2, 0.25) is 0 Å². The lowest BCUT2D eigenvalue weighted by Crippen LogP contribution is -2.41. The normalized spacial score (nSPS) is 40.8. The van der Waals surface area contributed by atoms with E-state index in [0.717, 1.165) is 31.6 Å². The van der Waals surface area contributed by atoms with Gasteiger partial charge in [-0.2, -0.15) is 0 Å². The van der Waals surface area contributed by atoms with Crippen molar-refractivity contribution in [3.8, 4) is 0 Å². The number of rotatable bonds is 2. The van der Waals surface area contributed by atoms with Gasteiger partial charge in [0.05, 0.1) is 5.60 Å². The maximum Gasteiger partial charge on any atom is 0.0895 e. The largest absolute Gasteiger partial charge is 0.385 e. The molecule has 1 N–H and O–H groups in total. The summed E-state index contributed by atoms with van der Waals surface area (Å²) in [4.78, 5) is 0. The third kappa shape index (κ3) is 2.62. The van der Waals surface area contributed by atoms with Crippen LogP contribution in [-0.2, 0) is 0 Å². The minimum Gasteiger partial charge on any atom is -0.385 e. The highest BCUT2D eigenvalue weighted by Crippen LogP contribution is 2.54. The first-order chi connectivity index (χ1) is 9.39. The van der Waals surface area contributed by atoms with Gasteiger partial charge in [-0.05, 0) is 55.8 Å². The summed E-state index contributed by atoms with van der Waals surface area (Å²) in [6, 6.07) is 0. The predicted molar refractivity (Wildman–Crippen MR) is 84.4 cm³/mol. The number of aliphatic hydroxyl groups is 1. The summed E-state index contributed by atoms with van der Waals surface area (Å²) >= 11 is 0. The Hall–Kier alpha value is -0.560. The Labute approximate surface area is 124 Å². The zero-order valence-corrected chi connectivity index (χ0v) is 13.4. The predicted octanol–water partition coefficient (Wildman–Crippen LogP) is 4.87. The van der Waals surface area contributed by atoms with Crippen molar-refractivity contribution in [2.75, 3.05) is 0 Å². The lowest BCUT2D eigenvalue weighted by Gasteiger charge is -2.40. The average Bonchev–Trinajstić information content (AvgIpc) is 2.87. The number of hydrogen-bond acceptors (Lipinski definition) is 1. The van der Waals surface area contributed by atoms with Gasteiger partial charge in [-0.3, -0.25) is 0 Å². The Morgan fingerprint density at radius 3 is 2.70 bits per heavy atom. The molecule has 3 rings (SSSR count). The van der Waals surface area contributed by atoms with Crippen LogP contribution in [0.15, 0.2) is 23.8 Å². The second kappa shape index (κ2) is 5.02. The minimum atomic E-state index is -0.556. The van der Waals surface area contributed by atoms with E-state index in [9.17, 15) is 5.11 Å². The van der Waals surface area contributed by atoms with Crippen LogP contribution in [0.25, 0.3) is 0 Å². The quantitative estimate of drug-likeness (QED) is 0.712. The zero-order valence-electron chi connectivity index (χ0n) is 13.4. The van der Waals surface area contributed by atoms with Gasteiger partial charge < -0.3 is 5.11 Å². The van der Waals surface area contributed by atoms with Gasteiger partial charge in [0, 0.05) is 5.92 Å². The third-order valence-corrected chi connectivity index (χ3v) is 5.51. The van der Waals surface area contributed by atoms with Crippen LogP contribution in [0.4, 0.5) is 0 Å². The molecular formula is C19H30O. The topological polar surface area (TPSA) is 20.2 Å². The Bertz CT molecular complexity index is 426. The molecule has 0 aromatic carbocycles. The summed E-state index contributed by atoms with van der Waals surface area (Å²) in [6.07, 6.45) is 15.3. The van der Waals surface area contributed by atoms with Gasteiger partial charge in [0.1, 0.15) is 0 Å². The Morgan fingerprint density at radius 2 is 2.05 bits per heavy atom. The standard InChI is InChI=1S/C19H30O/c1-18(2,3)13-15-12-14-8-7-9-16(14)17(15)19(20)10-5-4-6-11-19/h5,10,12,14,16-17,20H,4,6-9,11,13H2,1-3H3/t14-,16-,17-,19?/m1/s1. The first kappa shape index (κ1) is 14.4. The molecular weight excluding hydrogens is 244 g/mol. The average molecular weight is 274 g/mol. The van der Waals surface area contributed by atoms with Crippen molar-refractivity contribution < 1.29 is 5.11 Å². The molecule has 0 bridgehead atoms. The monoisotopic (exact) mass is 274 g/mol. The van der Waals surface area contributed by atoms with Crippen molar-refractivity contribution in [1.82, 2.24) is 0 Å². The molecule has 0 saturated heterocycles. The molecule has 0 heterocycles. The fraction of sp³-hybridized carbons (Fsp3) is 0.789. The molecule has 1 fully saturated rings. The Kier molecular flexibility index (Phi) is 3.61. The van der Waals surface area contributed by atoms with Crippen LogP contribution in [0.3, 0.4) is 0 Å². The van der Waals surface area contributed by atoms with Gasteiger partial charge in [0.15, 0.2) is 0 Å². The molecule has 1 saturated carbocycles. The maximum absolute atomic E-state index is 11.3. The van der Waals surface area contributed by atoms with Crippen LogP contribution in [0.1, 0.15) is 65.7 Å². The molecule has 1 heteroatoms. The summed E-state index contributed by atoms with van der Waals surface area (Å²) in [5.74, 6) is 1.85. The molecule has 0 spiro atoms. The van der Waals surface area contributed by atoms with Gasteiger partial charge in [0.25, 0.3) is 0 Å². The first-order valence-corrected chi connectivity index (χ1v) is 8.50. The number of hydrogen-bond donors (Lipinski definition) is 1. The molecule has 3 aliphatic rings. The van der Waals surface area contributed by atoms with Crippen LogP contribution in [0, 0.1) is 23.2 Å². The summed E-state index contributed by atoms with van der Waals surface area (Å²) in [5, 5.41) is 11.3. The van der Waals surface area contributed by atoms with Crippen molar-refractivity contribution in [2.45, 2.75) is 71.3 Å². The minimum absolute atomic E-state index is 0.317. The fourth-order valence-electron chi connectivity index (χ4n) is 4.90. The molecule has 4 atom stereocenters. The molecule has 112 valence electrons. The summed E-state index contributed by atoms with van der Waals surface area (Å²) in [5.41, 5.74) is 1.32. The Morgan fingerprint density at radius 1 is 1.25 bits per heavy atom. The molecule has 20 heavy (non-hydrogen) atoms. The van der Waals surface area contributed by atoms with E-state index in [1.165, 1.54) is 19.3 Å². The van der Waals surface area contributed by atoms with Crippen LogP contribution in [0.2, 0.25) is 0 Å². The highest BCUT2D eigenvalue weighted by molar-refractivity contribution is 5.29. The second-order valence-corrected chi connectivity index (χ2v) is 8.50. The van der Waals surface area contributed by atoms with Crippen molar-refractivity contribution in [3.05, 3.63) is 23.8 Å². The van der Waals surface area contributed by atoms with E-state index in [-0.39, 0.29) is 0 Å². The van der Waals surface area contributed by atoms with Crippen molar-refractivity contribution in [2.24, 2.45) is 23.2 Å². The smallest absolute Gasteiger partial charge is 0.0895 e. The third-order valence-electron chi connectivity index (χ3n) is 5.51. The van der Waals surface area contributed by atoms with Crippen molar-refractivity contribution >= 4 is 0 Å². The molecule has 0 aromatic heterocycles. The van der Waals surface area contributed by atoms with Crippen molar-refractivity contribution in [3.63, 3.8) is 0 Å². The Balaban J connectivity index is 1.90. The summed E-state index contributed by atoms with van der Waals surface area (Å²) < 4.78 is 0. The molecule has 0 aliphatic heterocycles. The molecule has 0 radical (unpaired) electrons. The van der Waals surface area contributed by atoms with E-state index < -0.39 is 5.60 Å². The summed E-state index contributed by atoms with van der Waals surface area (Å²) in [6.45, 7) is 6.96. The lowest BCUT2D eigenvalue weighted by molar-refractivity contribution is 0.00386. The highest BCUT2D eigenvalue weighted by atomic mass is 16.3. The second-order valence-electron chi connectivity index (χ2n) is 8.50. The SMILES string of the molecule is CC(C)(C)CC1=C[C@H]2CCC[C@H]2[C@@H]1C1(O)C=CCCC1. The van der Waals surface area contributed by atoms with E-state index in [2.05, 4.69) is 39.0 Å². The molecule has 3 aliphatic carbocycles. The number of allylic oxidation sites excluding steroid dienone is 2. The van der Waals surface area contributed by atoms with Gasteiger partial charge in [-0.15, -0.1) is 0 Å². The van der Waals surface area contributed by atoms with E-state index in [1.54, 1.807) is 5.57 Å². The molecule has 1 unspecified atom stereocenters. The van der Waals surface area contributed by atoms with E-state index in [0.29, 0.717) is 17.3 Å². The van der Waals surface area contributed by atoms with Crippen LogP contribution in [0.5, 0.6) is 0 Å². The molecule has 0 amide bonds. The van der Waals surface area contributed by atoms with Gasteiger partial charge in [-0.1, -0.05) is 51.0 Å². The fourth-order valence-corrected chi connectivity index (χ4v) is 4.90. The van der Waals surface area contributed by atoms with Crippen LogP contribution >= 0.6 is 0 Å². The van der Waals surface area contributed by atoms with Crippen LogP contribution in [-0.4, -0.2) is 10.7 Å². The number of fused-ring (bicyclic) bond motifs is 1. The van der Waals surface area contributed by atoms with Gasteiger partial charge in [-0.25, -0.2) is 0 Å². The maximum atomic E-state index is 11.3.